The van der Waals surface area contributed by atoms with Crippen LogP contribution < -0.4 is 10.6 Å². The first-order valence-electron chi connectivity index (χ1n) is 9.90. The molecule has 1 heterocycles. The van der Waals surface area contributed by atoms with Gasteiger partial charge in [-0.15, -0.1) is 24.0 Å². The number of nitrogens with zero attached hydrogens (tertiary/aromatic N) is 2. The van der Waals surface area contributed by atoms with Gasteiger partial charge in [-0.1, -0.05) is 13.8 Å². The van der Waals surface area contributed by atoms with E-state index < -0.39 is 9.84 Å². The highest BCUT2D eigenvalue weighted by Crippen LogP contribution is 2.27. The molecule has 0 aromatic heterocycles. The molecule has 0 saturated carbocycles. The first-order chi connectivity index (χ1) is 11.9. The molecule has 6 nitrogen and oxygen atoms in total. The molecule has 1 aliphatic rings. The molecule has 0 bridgehead atoms. The van der Waals surface area contributed by atoms with Crippen molar-refractivity contribution in [2.24, 2.45) is 16.8 Å². The van der Waals surface area contributed by atoms with E-state index in [0.29, 0.717) is 13.0 Å². The average Bonchev–Trinajstić information content (AvgIpc) is 2.49. The molecule has 0 aromatic carbocycles. The molecule has 8 heteroatoms. The molecular weight excluding hydrogens is 475 g/mol. The molecule has 0 amide bonds. The first kappa shape index (κ1) is 26.9. The minimum atomic E-state index is -2.93. The van der Waals surface area contributed by atoms with Crippen LogP contribution in [-0.2, 0) is 9.84 Å². The second-order valence-electron chi connectivity index (χ2n) is 8.82. The van der Waals surface area contributed by atoms with Gasteiger partial charge in [0.2, 0.25) is 0 Å². The standard InChI is InChI=1S/C19H40N4O2S.HI/c1-8-20-18(22-17(4)9-10-26(7,24)25)21-14-19(5,6)23-12-15(2)11-16(3)13-23;/h15-17H,8-14H2,1-7H3,(H2,20,21,22);1H. The molecule has 27 heavy (non-hydrogen) atoms. The minimum absolute atomic E-state index is 0. The fraction of sp³-hybridized carbons (Fsp3) is 0.947. The molecule has 0 aliphatic carbocycles. The second kappa shape index (κ2) is 11.8. The average molecular weight is 517 g/mol. The van der Waals surface area contributed by atoms with Crippen molar-refractivity contribution >= 4 is 39.8 Å². The van der Waals surface area contributed by atoms with Crippen molar-refractivity contribution in [2.45, 2.75) is 66.0 Å². The van der Waals surface area contributed by atoms with Gasteiger partial charge in [-0.25, -0.2) is 8.42 Å². The summed E-state index contributed by atoms with van der Waals surface area (Å²) < 4.78 is 22.7. The normalized spacial score (nSPS) is 23.4. The molecule has 1 saturated heterocycles. The molecular formula is C19H41IN4O2S. The summed E-state index contributed by atoms with van der Waals surface area (Å²) in [4.78, 5) is 7.36. The molecule has 1 fully saturated rings. The quantitative estimate of drug-likeness (QED) is 0.295. The Bertz CT molecular complexity index is 556. The maximum atomic E-state index is 11.4. The van der Waals surface area contributed by atoms with Crippen LogP contribution in [0.2, 0.25) is 0 Å². The van der Waals surface area contributed by atoms with Gasteiger partial charge in [-0.05, 0) is 52.4 Å². The van der Waals surface area contributed by atoms with Gasteiger partial charge < -0.3 is 10.6 Å². The molecule has 0 radical (unpaired) electrons. The van der Waals surface area contributed by atoms with E-state index in [4.69, 9.17) is 4.99 Å². The van der Waals surface area contributed by atoms with E-state index in [-0.39, 0.29) is 41.3 Å². The van der Waals surface area contributed by atoms with E-state index in [1.54, 1.807) is 0 Å². The van der Waals surface area contributed by atoms with E-state index in [2.05, 4.69) is 43.2 Å². The predicted octanol–water partition coefficient (Wildman–Crippen LogP) is 2.74. The highest BCUT2D eigenvalue weighted by molar-refractivity contribution is 14.0. The number of halogens is 1. The third-order valence-electron chi connectivity index (χ3n) is 5.00. The molecule has 2 N–H and O–H groups in total. The minimum Gasteiger partial charge on any atom is -0.357 e. The number of hydrogen-bond acceptors (Lipinski definition) is 4. The van der Waals surface area contributed by atoms with Crippen LogP contribution in [0.5, 0.6) is 0 Å². The maximum Gasteiger partial charge on any atom is 0.191 e. The maximum absolute atomic E-state index is 11.4. The van der Waals surface area contributed by atoms with Crippen LogP contribution in [-0.4, -0.2) is 69.0 Å². The van der Waals surface area contributed by atoms with Gasteiger partial charge in [0.25, 0.3) is 0 Å². The monoisotopic (exact) mass is 516 g/mol. The summed E-state index contributed by atoms with van der Waals surface area (Å²) in [7, 11) is -2.93. The van der Waals surface area contributed by atoms with Gasteiger partial charge in [0, 0.05) is 37.5 Å². The van der Waals surface area contributed by atoms with Crippen LogP contribution in [0, 0.1) is 11.8 Å². The number of rotatable bonds is 8. The Morgan fingerprint density at radius 2 is 1.81 bits per heavy atom. The smallest absolute Gasteiger partial charge is 0.191 e. The van der Waals surface area contributed by atoms with Crippen LogP contribution in [0.4, 0.5) is 0 Å². The van der Waals surface area contributed by atoms with Gasteiger partial charge in [-0.3, -0.25) is 9.89 Å². The summed E-state index contributed by atoms with van der Waals surface area (Å²) in [5.41, 5.74) is 0.00128. The largest absolute Gasteiger partial charge is 0.357 e. The Morgan fingerprint density at radius 1 is 1.26 bits per heavy atom. The lowest BCUT2D eigenvalue weighted by atomic mass is 9.88. The SMILES string of the molecule is CCNC(=NCC(C)(C)N1CC(C)CC(C)C1)NC(C)CCS(C)(=O)=O.I. The van der Waals surface area contributed by atoms with Crippen LogP contribution in [0.3, 0.4) is 0 Å². The van der Waals surface area contributed by atoms with Gasteiger partial charge in [0.05, 0.1) is 12.3 Å². The van der Waals surface area contributed by atoms with Crippen molar-refractivity contribution in [1.29, 1.82) is 0 Å². The molecule has 3 unspecified atom stereocenters. The predicted molar refractivity (Wildman–Crippen MR) is 127 cm³/mol. The highest BCUT2D eigenvalue weighted by atomic mass is 127. The van der Waals surface area contributed by atoms with Crippen molar-refractivity contribution in [3.05, 3.63) is 0 Å². The summed E-state index contributed by atoms with van der Waals surface area (Å²) in [6.07, 6.45) is 3.16. The highest BCUT2D eigenvalue weighted by Gasteiger charge is 2.32. The Balaban J connectivity index is 0.00000676. The number of hydrogen-bond donors (Lipinski definition) is 2. The summed E-state index contributed by atoms with van der Waals surface area (Å²) >= 11 is 0. The van der Waals surface area contributed by atoms with Gasteiger partial charge in [0.1, 0.15) is 9.84 Å². The Morgan fingerprint density at radius 3 is 2.30 bits per heavy atom. The van der Waals surface area contributed by atoms with Crippen molar-refractivity contribution < 1.29 is 8.42 Å². The zero-order chi connectivity index (χ0) is 20.0. The Labute approximate surface area is 184 Å². The summed E-state index contributed by atoms with van der Waals surface area (Å²) in [5, 5.41) is 6.61. The molecule has 1 aliphatic heterocycles. The number of nitrogens with one attached hydrogen (secondary N) is 2. The zero-order valence-corrected chi connectivity index (χ0v) is 21.4. The lowest BCUT2D eigenvalue weighted by molar-refractivity contribution is 0.0512. The molecule has 3 atom stereocenters. The van der Waals surface area contributed by atoms with E-state index in [9.17, 15) is 8.42 Å². The number of piperidine rings is 1. The zero-order valence-electron chi connectivity index (χ0n) is 18.2. The van der Waals surface area contributed by atoms with Crippen molar-refractivity contribution in [1.82, 2.24) is 15.5 Å². The number of guanidine groups is 1. The number of sulfone groups is 1. The number of likely N-dealkylation sites (tertiary alicyclic amines) is 1. The summed E-state index contributed by atoms with van der Waals surface area (Å²) in [6.45, 7) is 17.0. The van der Waals surface area contributed by atoms with E-state index in [1.165, 1.54) is 12.7 Å². The third kappa shape index (κ3) is 10.9. The fourth-order valence-electron chi connectivity index (χ4n) is 3.55. The van der Waals surface area contributed by atoms with Crippen LogP contribution >= 0.6 is 24.0 Å². The Kier molecular flexibility index (Phi) is 11.8. The van der Waals surface area contributed by atoms with Crippen LogP contribution in [0.25, 0.3) is 0 Å². The molecule has 1 rings (SSSR count). The molecule has 0 spiro atoms. The lowest BCUT2D eigenvalue weighted by Crippen LogP contribution is -2.53. The second-order valence-corrected chi connectivity index (χ2v) is 11.1. The third-order valence-corrected chi connectivity index (χ3v) is 5.98. The van der Waals surface area contributed by atoms with E-state index in [0.717, 1.165) is 37.4 Å². The Hall–Kier alpha value is -0.0900. The fourth-order valence-corrected chi connectivity index (χ4v) is 4.33. The summed E-state index contributed by atoms with van der Waals surface area (Å²) in [6, 6.07) is 0.0562. The van der Waals surface area contributed by atoms with Crippen molar-refractivity contribution in [3.63, 3.8) is 0 Å². The van der Waals surface area contributed by atoms with Crippen LogP contribution in [0.1, 0.15) is 54.4 Å². The van der Waals surface area contributed by atoms with Crippen molar-refractivity contribution in [2.75, 3.05) is 38.2 Å². The van der Waals surface area contributed by atoms with Crippen LogP contribution in [0.15, 0.2) is 4.99 Å². The topological polar surface area (TPSA) is 73.8 Å². The summed E-state index contributed by atoms with van der Waals surface area (Å²) in [5.74, 6) is 2.41. The number of aliphatic imine (C=N–C) groups is 1. The van der Waals surface area contributed by atoms with Crippen molar-refractivity contribution in [3.8, 4) is 0 Å². The van der Waals surface area contributed by atoms with Gasteiger partial charge in [0.15, 0.2) is 5.96 Å². The van der Waals surface area contributed by atoms with Gasteiger partial charge in [-0.2, -0.15) is 0 Å². The lowest BCUT2D eigenvalue weighted by Gasteiger charge is -2.44. The van der Waals surface area contributed by atoms with Gasteiger partial charge >= 0.3 is 0 Å². The molecule has 162 valence electrons. The first-order valence-corrected chi connectivity index (χ1v) is 12.0. The molecule has 0 aromatic rings. The van der Waals surface area contributed by atoms with E-state index in [1.807, 2.05) is 13.8 Å². The van der Waals surface area contributed by atoms with E-state index >= 15 is 0 Å².